The topological polar surface area (TPSA) is 49.3 Å². The minimum Gasteiger partial charge on any atom is -0.357 e. The zero-order valence-electron chi connectivity index (χ0n) is 15.6. The number of aliphatic imine (C=N–C) groups is 1. The summed E-state index contributed by atoms with van der Waals surface area (Å²) in [4.78, 5) is 8.98. The van der Waals surface area contributed by atoms with Gasteiger partial charge in [0.15, 0.2) is 5.96 Å². The summed E-state index contributed by atoms with van der Waals surface area (Å²) in [5, 5.41) is 6.67. The van der Waals surface area contributed by atoms with E-state index in [2.05, 4.69) is 58.7 Å². The van der Waals surface area contributed by atoms with Crippen molar-refractivity contribution >= 4 is 41.7 Å². The van der Waals surface area contributed by atoms with Crippen LogP contribution in [0.1, 0.15) is 23.7 Å². The number of halogens is 1. The number of benzene rings is 1. The number of thioether (sulfide) groups is 1. The Bertz CT molecular complexity index is 632. The van der Waals surface area contributed by atoms with Gasteiger partial charge < -0.3 is 10.6 Å². The number of aromatic nitrogens is 1. The molecule has 0 aliphatic rings. The molecule has 0 aliphatic heterocycles. The number of hydrogen-bond donors (Lipinski definition) is 2. The highest BCUT2D eigenvalue weighted by atomic mass is 127. The van der Waals surface area contributed by atoms with E-state index in [1.165, 1.54) is 11.1 Å². The van der Waals surface area contributed by atoms with Crippen LogP contribution in [-0.4, -0.2) is 36.3 Å². The molecule has 2 rings (SSSR count). The number of nitrogens with one attached hydrogen (secondary N) is 2. The van der Waals surface area contributed by atoms with Gasteiger partial charge in [-0.05, 0) is 31.5 Å². The third kappa shape index (κ3) is 9.43. The Morgan fingerprint density at radius 1 is 1.12 bits per heavy atom. The van der Waals surface area contributed by atoms with Crippen LogP contribution in [0.2, 0.25) is 0 Å². The zero-order valence-corrected chi connectivity index (χ0v) is 18.7. The lowest BCUT2D eigenvalue weighted by atomic mass is 10.2. The monoisotopic (exact) mass is 484 g/mol. The molecule has 0 unspecified atom stereocenters. The Labute approximate surface area is 178 Å². The van der Waals surface area contributed by atoms with Crippen LogP contribution in [0.25, 0.3) is 0 Å². The quantitative estimate of drug-likeness (QED) is 0.244. The Morgan fingerprint density at radius 2 is 1.92 bits per heavy atom. The smallest absolute Gasteiger partial charge is 0.191 e. The van der Waals surface area contributed by atoms with Crippen LogP contribution < -0.4 is 10.6 Å². The van der Waals surface area contributed by atoms with Crippen LogP contribution in [0.3, 0.4) is 0 Å². The van der Waals surface area contributed by atoms with Gasteiger partial charge in [0.2, 0.25) is 0 Å². The van der Waals surface area contributed by atoms with Gasteiger partial charge >= 0.3 is 0 Å². The van der Waals surface area contributed by atoms with E-state index in [4.69, 9.17) is 0 Å². The molecule has 0 saturated heterocycles. The van der Waals surface area contributed by atoms with Crippen LogP contribution in [0.15, 0.2) is 53.7 Å². The molecule has 1 aromatic heterocycles. The van der Waals surface area contributed by atoms with Crippen molar-refractivity contribution in [1.29, 1.82) is 0 Å². The van der Waals surface area contributed by atoms with E-state index in [9.17, 15) is 0 Å². The van der Waals surface area contributed by atoms with Crippen molar-refractivity contribution in [3.05, 3.63) is 65.5 Å². The van der Waals surface area contributed by atoms with Crippen LogP contribution in [0, 0.1) is 6.92 Å². The van der Waals surface area contributed by atoms with Crippen molar-refractivity contribution < 1.29 is 0 Å². The summed E-state index contributed by atoms with van der Waals surface area (Å²) in [6, 6.07) is 14.8. The SMILES string of the molecule is CCNC(=NCCSCc1ccc(C)cc1)NCCc1ccccn1.I. The van der Waals surface area contributed by atoms with E-state index >= 15 is 0 Å². The minimum absolute atomic E-state index is 0. The molecule has 26 heavy (non-hydrogen) atoms. The molecule has 1 heterocycles. The number of rotatable bonds is 9. The van der Waals surface area contributed by atoms with Crippen LogP contribution >= 0.6 is 35.7 Å². The maximum absolute atomic E-state index is 4.64. The van der Waals surface area contributed by atoms with Crippen LogP contribution in [0.4, 0.5) is 0 Å². The van der Waals surface area contributed by atoms with E-state index in [-0.39, 0.29) is 24.0 Å². The number of guanidine groups is 1. The van der Waals surface area contributed by atoms with E-state index in [0.717, 1.165) is 49.2 Å². The second kappa shape index (κ2) is 13.9. The van der Waals surface area contributed by atoms with Gasteiger partial charge in [0, 0.05) is 42.9 Å². The molecule has 2 N–H and O–H groups in total. The first-order chi connectivity index (χ1) is 12.3. The Hall–Kier alpha value is -1.28. The highest BCUT2D eigenvalue weighted by Gasteiger charge is 1.99. The summed E-state index contributed by atoms with van der Waals surface area (Å²) in [7, 11) is 0. The first kappa shape index (κ1) is 22.8. The Balaban J connectivity index is 0.00000338. The lowest BCUT2D eigenvalue weighted by Gasteiger charge is -2.11. The molecule has 4 nitrogen and oxygen atoms in total. The molecule has 6 heteroatoms. The molecule has 1 aromatic carbocycles. The fraction of sp³-hybridized carbons (Fsp3) is 0.400. The lowest BCUT2D eigenvalue weighted by Crippen LogP contribution is -2.38. The first-order valence-electron chi connectivity index (χ1n) is 8.83. The van der Waals surface area contributed by atoms with Crippen molar-refractivity contribution in [2.45, 2.75) is 26.0 Å². The normalized spacial score (nSPS) is 10.9. The largest absolute Gasteiger partial charge is 0.357 e. The van der Waals surface area contributed by atoms with Gasteiger partial charge in [-0.25, -0.2) is 0 Å². The highest BCUT2D eigenvalue weighted by molar-refractivity contribution is 14.0. The van der Waals surface area contributed by atoms with Crippen molar-refractivity contribution in [3.63, 3.8) is 0 Å². The summed E-state index contributed by atoms with van der Waals surface area (Å²) in [6.07, 6.45) is 2.73. The highest BCUT2D eigenvalue weighted by Crippen LogP contribution is 2.12. The molecule has 0 saturated carbocycles. The summed E-state index contributed by atoms with van der Waals surface area (Å²) < 4.78 is 0. The van der Waals surface area contributed by atoms with Gasteiger partial charge in [-0.3, -0.25) is 9.98 Å². The maximum Gasteiger partial charge on any atom is 0.191 e. The molecule has 142 valence electrons. The first-order valence-corrected chi connectivity index (χ1v) is 9.99. The predicted octanol–water partition coefficient (Wildman–Crippen LogP) is 4.04. The van der Waals surface area contributed by atoms with Crippen molar-refractivity contribution in [2.75, 3.05) is 25.4 Å². The van der Waals surface area contributed by atoms with E-state index in [0.29, 0.717) is 0 Å². The molecule has 0 spiro atoms. The van der Waals surface area contributed by atoms with Crippen LogP contribution in [0.5, 0.6) is 0 Å². The average Bonchev–Trinajstić information content (AvgIpc) is 2.64. The average molecular weight is 484 g/mol. The van der Waals surface area contributed by atoms with Gasteiger partial charge in [-0.2, -0.15) is 11.8 Å². The van der Waals surface area contributed by atoms with Crippen molar-refractivity contribution in [2.24, 2.45) is 4.99 Å². The lowest BCUT2D eigenvalue weighted by molar-refractivity contribution is 0.792. The molecule has 0 atom stereocenters. The van der Waals surface area contributed by atoms with Gasteiger partial charge in [-0.1, -0.05) is 35.9 Å². The summed E-state index contributed by atoms with van der Waals surface area (Å²) >= 11 is 1.92. The second-order valence-electron chi connectivity index (χ2n) is 5.80. The van der Waals surface area contributed by atoms with Gasteiger partial charge in [0.25, 0.3) is 0 Å². The third-order valence-corrected chi connectivity index (χ3v) is 4.65. The van der Waals surface area contributed by atoms with Crippen molar-refractivity contribution in [3.8, 4) is 0 Å². The molecular formula is C20H29IN4S. The molecule has 0 amide bonds. The molecule has 0 fully saturated rings. The molecule has 2 aromatic rings. The molecule has 0 aliphatic carbocycles. The summed E-state index contributed by atoms with van der Waals surface area (Å²) in [6.45, 7) is 6.72. The number of nitrogens with zero attached hydrogens (tertiary/aromatic N) is 2. The van der Waals surface area contributed by atoms with Gasteiger partial charge in [0.05, 0.1) is 6.54 Å². The van der Waals surface area contributed by atoms with E-state index in [1.807, 2.05) is 36.2 Å². The van der Waals surface area contributed by atoms with E-state index in [1.54, 1.807) is 0 Å². The van der Waals surface area contributed by atoms with Gasteiger partial charge in [-0.15, -0.1) is 24.0 Å². The van der Waals surface area contributed by atoms with Gasteiger partial charge in [0.1, 0.15) is 0 Å². The zero-order chi connectivity index (χ0) is 17.7. The molecule has 0 radical (unpaired) electrons. The fourth-order valence-electron chi connectivity index (χ4n) is 2.29. The fourth-order valence-corrected chi connectivity index (χ4v) is 3.09. The second-order valence-corrected chi connectivity index (χ2v) is 6.90. The standard InChI is InChI=1S/C20H28N4S.HI/c1-3-21-20(23-13-11-19-6-4-5-12-22-19)24-14-15-25-16-18-9-7-17(2)8-10-18;/h4-10,12H,3,11,13-16H2,1-2H3,(H2,21,23,24);1H. The Morgan fingerprint density at radius 3 is 2.62 bits per heavy atom. The van der Waals surface area contributed by atoms with Crippen molar-refractivity contribution in [1.82, 2.24) is 15.6 Å². The number of aryl methyl sites for hydroxylation is 1. The molecule has 0 bridgehead atoms. The van der Waals surface area contributed by atoms with E-state index < -0.39 is 0 Å². The van der Waals surface area contributed by atoms with Crippen LogP contribution in [-0.2, 0) is 12.2 Å². The number of hydrogen-bond acceptors (Lipinski definition) is 3. The third-order valence-electron chi connectivity index (χ3n) is 3.64. The maximum atomic E-state index is 4.64. The Kier molecular flexibility index (Phi) is 12.1. The summed E-state index contributed by atoms with van der Waals surface area (Å²) in [5.74, 6) is 2.94. The minimum atomic E-state index is 0. The predicted molar refractivity (Wildman–Crippen MR) is 125 cm³/mol. The number of pyridine rings is 1. The summed E-state index contributed by atoms with van der Waals surface area (Å²) in [5.41, 5.74) is 3.78. The molecular weight excluding hydrogens is 455 g/mol.